The van der Waals surface area contributed by atoms with Crippen LogP contribution in [0.5, 0.6) is 5.75 Å². The summed E-state index contributed by atoms with van der Waals surface area (Å²) in [5.74, 6) is -0.534. The lowest BCUT2D eigenvalue weighted by Gasteiger charge is -2.18. The van der Waals surface area contributed by atoms with E-state index in [0.717, 1.165) is 16.7 Å². The summed E-state index contributed by atoms with van der Waals surface area (Å²) in [6.45, 7) is 3.53. The molecule has 0 aliphatic heterocycles. The van der Waals surface area contributed by atoms with E-state index in [0.29, 0.717) is 5.75 Å². The van der Waals surface area contributed by atoms with Crippen molar-refractivity contribution in [2.45, 2.75) is 26.3 Å². The van der Waals surface area contributed by atoms with Crippen LogP contribution in [0.1, 0.15) is 16.7 Å². The molecule has 0 heterocycles. The maximum absolute atomic E-state index is 12.3. The van der Waals surface area contributed by atoms with Crippen LogP contribution in [0.15, 0.2) is 48.5 Å². The van der Waals surface area contributed by atoms with Crippen molar-refractivity contribution in [2.24, 2.45) is 5.73 Å². The average Bonchev–Trinajstić information content (AvgIpc) is 2.66. The molecule has 0 bridgehead atoms. The number of nitrogens with two attached hydrogens (primary N) is 1. The lowest BCUT2D eigenvalue weighted by molar-refractivity contribution is -0.130. The molecule has 148 valence electrons. The van der Waals surface area contributed by atoms with Crippen LogP contribution in [0, 0.1) is 13.8 Å². The Morgan fingerprint density at radius 2 is 1.75 bits per heavy atom. The molecular weight excluding hydrogens is 360 g/mol. The minimum absolute atomic E-state index is 0.227. The van der Waals surface area contributed by atoms with E-state index in [4.69, 9.17) is 10.5 Å². The fourth-order valence-electron chi connectivity index (χ4n) is 2.49. The summed E-state index contributed by atoms with van der Waals surface area (Å²) in [6, 6.07) is 13.0. The topological polar surface area (TPSA) is 123 Å². The second kappa shape index (κ2) is 9.96. The summed E-state index contributed by atoms with van der Waals surface area (Å²) in [5, 5.41) is 2.37. The van der Waals surface area contributed by atoms with E-state index < -0.39 is 23.9 Å². The molecule has 2 rings (SSSR count). The van der Waals surface area contributed by atoms with E-state index in [1.54, 1.807) is 0 Å². The largest absolute Gasteiger partial charge is 0.483 e. The molecule has 0 spiro atoms. The Morgan fingerprint density at radius 3 is 2.43 bits per heavy atom. The van der Waals surface area contributed by atoms with Crippen LogP contribution in [0.25, 0.3) is 0 Å². The first-order valence-corrected chi connectivity index (χ1v) is 8.74. The van der Waals surface area contributed by atoms with Crippen LogP contribution >= 0.6 is 0 Å². The van der Waals surface area contributed by atoms with Gasteiger partial charge < -0.3 is 15.8 Å². The molecule has 0 fully saturated rings. The number of amides is 4. The first-order valence-electron chi connectivity index (χ1n) is 8.74. The monoisotopic (exact) mass is 384 g/mol. The van der Waals surface area contributed by atoms with Gasteiger partial charge in [-0.15, -0.1) is 0 Å². The third-order valence-corrected chi connectivity index (χ3v) is 3.94. The Morgan fingerprint density at radius 1 is 1.04 bits per heavy atom. The second-order valence-electron chi connectivity index (χ2n) is 6.35. The van der Waals surface area contributed by atoms with Gasteiger partial charge >= 0.3 is 6.03 Å². The van der Waals surface area contributed by atoms with Gasteiger partial charge in [0, 0.05) is 6.42 Å². The van der Waals surface area contributed by atoms with Crippen LogP contribution in [0.2, 0.25) is 0 Å². The average molecular weight is 384 g/mol. The van der Waals surface area contributed by atoms with Gasteiger partial charge in [0.25, 0.3) is 11.8 Å². The number of carbonyl (C=O) groups excluding carboxylic acids is 3. The Balaban J connectivity index is 1.87. The number of nitrogens with one attached hydrogen (secondary N) is 3. The number of aryl methyl sites for hydroxylation is 2. The van der Waals surface area contributed by atoms with Crippen LogP contribution in [0.3, 0.4) is 0 Å². The highest BCUT2D eigenvalue weighted by Crippen LogP contribution is 2.18. The minimum atomic E-state index is -0.930. The predicted molar refractivity (Wildman–Crippen MR) is 104 cm³/mol. The number of urea groups is 1. The molecular formula is C20H24N4O4. The van der Waals surface area contributed by atoms with Crippen molar-refractivity contribution in [3.8, 4) is 5.75 Å². The van der Waals surface area contributed by atoms with E-state index in [9.17, 15) is 14.4 Å². The van der Waals surface area contributed by atoms with Gasteiger partial charge in [-0.05, 0) is 36.6 Å². The molecule has 0 aliphatic rings. The summed E-state index contributed by atoms with van der Waals surface area (Å²) >= 11 is 0. The van der Waals surface area contributed by atoms with Crippen molar-refractivity contribution in [3.05, 3.63) is 65.2 Å². The van der Waals surface area contributed by atoms with Crippen molar-refractivity contribution < 1.29 is 19.1 Å². The SMILES string of the molecule is Cc1ccc(C)c(OCC(=O)NNC(=O)C(Cc2ccccc2)NC(N)=O)c1. The van der Waals surface area contributed by atoms with Crippen LogP contribution < -0.4 is 26.6 Å². The van der Waals surface area contributed by atoms with Gasteiger partial charge in [0.15, 0.2) is 6.61 Å². The number of ether oxygens (including phenoxy) is 1. The number of primary amides is 1. The van der Waals surface area contributed by atoms with Crippen molar-refractivity contribution in [1.82, 2.24) is 16.2 Å². The molecule has 0 aromatic heterocycles. The summed E-state index contributed by atoms with van der Waals surface area (Å²) in [7, 11) is 0. The van der Waals surface area contributed by atoms with Crippen molar-refractivity contribution in [1.29, 1.82) is 0 Å². The van der Waals surface area contributed by atoms with Gasteiger partial charge in [0.1, 0.15) is 11.8 Å². The summed E-state index contributed by atoms with van der Waals surface area (Å²) in [4.78, 5) is 35.5. The fraction of sp³-hybridized carbons (Fsp3) is 0.250. The normalized spacial score (nSPS) is 11.2. The first kappa shape index (κ1) is 20.8. The zero-order valence-electron chi connectivity index (χ0n) is 15.8. The minimum Gasteiger partial charge on any atom is -0.483 e. The summed E-state index contributed by atoms with van der Waals surface area (Å²) in [5.41, 5.74) is 12.4. The zero-order valence-corrected chi connectivity index (χ0v) is 15.8. The van der Waals surface area contributed by atoms with Crippen LogP contribution in [-0.2, 0) is 16.0 Å². The fourth-order valence-corrected chi connectivity index (χ4v) is 2.49. The maximum Gasteiger partial charge on any atom is 0.312 e. The molecule has 0 saturated heterocycles. The quantitative estimate of drug-likeness (QED) is 0.534. The smallest absolute Gasteiger partial charge is 0.312 e. The molecule has 4 amide bonds. The van der Waals surface area contributed by atoms with Crippen LogP contribution in [-0.4, -0.2) is 30.5 Å². The molecule has 0 aliphatic carbocycles. The Labute approximate surface area is 163 Å². The van der Waals surface area contributed by atoms with E-state index in [1.807, 2.05) is 62.4 Å². The van der Waals surface area contributed by atoms with Gasteiger partial charge in [0.2, 0.25) is 0 Å². The lowest BCUT2D eigenvalue weighted by Crippen LogP contribution is -2.54. The summed E-state index contributed by atoms with van der Waals surface area (Å²) < 4.78 is 5.48. The Bertz CT molecular complexity index is 839. The highest BCUT2D eigenvalue weighted by Gasteiger charge is 2.21. The molecule has 0 saturated carbocycles. The van der Waals surface area contributed by atoms with Crippen molar-refractivity contribution in [3.63, 3.8) is 0 Å². The number of hydrazine groups is 1. The Hall–Kier alpha value is -3.55. The van der Waals surface area contributed by atoms with Gasteiger partial charge in [-0.1, -0.05) is 42.5 Å². The zero-order chi connectivity index (χ0) is 20.5. The third-order valence-electron chi connectivity index (χ3n) is 3.94. The first-order chi connectivity index (χ1) is 13.3. The van der Waals surface area contributed by atoms with Crippen molar-refractivity contribution in [2.75, 3.05) is 6.61 Å². The highest BCUT2D eigenvalue weighted by atomic mass is 16.5. The molecule has 0 radical (unpaired) electrons. The molecule has 8 heteroatoms. The molecule has 5 N–H and O–H groups in total. The number of benzene rings is 2. The van der Waals surface area contributed by atoms with Gasteiger partial charge in [0.05, 0.1) is 0 Å². The summed E-state index contributed by atoms with van der Waals surface area (Å²) in [6.07, 6.45) is 0.227. The van der Waals surface area contributed by atoms with E-state index in [2.05, 4.69) is 16.2 Å². The molecule has 2 aromatic rings. The van der Waals surface area contributed by atoms with E-state index in [-0.39, 0.29) is 13.0 Å². The van der Waals surface area contributed by atoms with Crippen molar-refractivity contribution >= 4 is 17.8 Å². The van der Waals surface area contributed by atoms with Gasteiger partial charge in [-0.3, -0.25) is 20.4 Å². The number of carbonyl (C=O) groups is 3. The number of hydrogen-bond donors (Lipinski definition) is 4. The van der Waals surface area contributed by atoms with Crippen LogP contribution in [0.4, 0.5) is 4.79 Å². The number of hydrogen-bond acceptors (Lipinski definition) is 4. The molecule has 8 nitrogen and oxygen atoms in total. The Kier molecular flexibility index (Phi) is 7.38. The molecule has 1 atom stereocenters. The standard InChI is InChI=1S/C20H24N4O4/c1-13-8-9-14(2)17(10-13)28-12-18(25)23-24-19(26)16(22-20(21)27)11-15-6-4-3-5-7-15/h3-10,16H,11-12H2,1-2H3,(H,23,25)(H,24,26)(H3,21,22,27). The molecule has 1 unspecified atom stereocenters. The lowest BCUT2D eigenvalue weighted by atomic mass is 10.1. The maximum atomic E-state index is 12.3. The second-order valence-corrected chi connectivity index (χ2v) is 6.35. The van der Waals surface area contributed by atoms with E-state index >= 15 is 0 Å². The highest BCUT2D eigenvalue weighted by molar-refractivity contribution is 5.88. The molecule has 2 aromatic carbocycles. The van der Waals surface area contributed by atoms with Gasteiger partial charge in [-0.2, -0.15) is 0 Å². The third kappa shape index (κ3) is 6.64. The number of rotatable bonds is 7. The molecule has 28 heavy (non-hydrogen) atoms. The predicted octanol–water partition coefficient (Wildman–Crippen LogP) is 1.11. The van der Waals surface area contributed by atoms with Gasteiger partial charge in [-0.25, -0.2) is 4.79 Å². The van der Waals surface area contributed by atoms with E-state index in [1.165, 1.54) is 0 Å².